The smallest absolute Gasteiger partial charge is 0.271 e. The number of benzene rings is 1. The Hall–Kier alpha value is -2.91. The number of nitrogens with zero attached hydrogens (tertiary/aromatic N) is 1. The van der Waals surface area contributed by atoms with Crippen LogP contribution in [0.2, 0.25) is 0 Å². The van der Waals surface area contributed by atoms with Crippen LogP contribution in [0.4, 0.5) is 11.4 Å². The maximum atomic E-state index is 12.7. The van der Waals surface area contributed by atoms with Crippen molar-refractivity contribution in [2.75, 3.05) is 10.0 Å². The van der Waals surface area contributed by atoms with Crippen LogP contribution in [0.3, 0.4) is 0 Å². The number of nitrogens with one attached hydrogen (secondary N) is 2. The van der Waals surface area contributed by atoms with Crippen molar-refractivity contribution in [3.05, 3.63) is 57.8 Å². The summed E-state index contributed by atoms with van der Waals surface area (Å²) in [5.41, 5.74) is 3.53. The number of hydrogen-bond donors (Lipinski definition) is 2. The lowest BCUT2D eigenvalue weighted by molar-refractivity contribution is -0.114. The number of sulfonamides is 1. The average Bonchev–Trinajstić information content (AvgIpc) is 3.24. The van der Waals surface area contributed by atoms with Gasteiger partial charge in [0.2, 0.25) is 5.91 Å². The first-order valence-corrected chi connectivity index (χ1v) is 11.1. The maximum absolute atomic E-state index is 12.7. The summed E-state index contributed by atoms with van der Waals surface area (Å²) in [6.45, 7) is 6.94. The summed E-state index contributed by atoms with van der Waals surface area (Å²) in [5, 5.41) is 6.52. The van der Waals surface area contributed by atoms with Gasteiger partial charge in [-0.15, -0.1) is 11.3 Å². The van der Waals surface area contributed by atoms with Crippen LogP contribution < -0.4 is 10.0 Å². The van der Waals surface area contributed by atoms with Crippen LogP contribution in [0, 0.1) is 20.8 Å². The zero-order valence-electron chi connectivity index (χ0n) is 16.4. The van der Waals surface area contributed by atoms with Crippen molar-refractivity contribution in [1.29, 1.82) is 0 Å². The molecule has 0 atom stereocenters. The molecule has 0 spiro atoms. The normalized spacial score (nSPS) is 11.7. The molecule has 0 aliphatic rings. The monoisotopic (exact) mass is 431 g/mol. The Balaban J connectivity index is 1.80. The Morgan fingerprint density at radius 3 is 2.59 bits per heavy atom. The maximum Gasteiger partial charge on any atom is 0.271 e. The lowest BCUT2D eigenvalue weighted by Crippen LogP contribution is -2.12. The predicted octanol–water partition coefficient (Wildman–Crippen LogP) is 4.59. The third kappa shape index (κ3) is 4.93. The van der Waals surface area contributed by atoms with Crippen LogP contribution >= 0.6 is 11.3 Å². The number of thiophene rings is 1. The Bertz CT molecular complexity index is 1190. The summed E-state index contributed by atoms with van der Waals surface area (Å²) < 4.78 is 33.5. The Morgan fingerprint density at radius 2 is 1.90 bits per heavy atom. The van der Waals surface area contributed by atoms with E-state index in [1.54, 1.807) is 37.3 Å². The topological polar surface area (TPSA) is 101 Å². The molecule has 0 radical (unpaired) electrons. The molecule has 152 valence electrons. The quantitative estimate of drug-likeness (QED) is 0.594. The minimum atomic E-state index is -3.69. The van der Waals surface area contributed by atoms with Crippen molar-refractivity contribution in [2.45, 2.75) is 31.9 Å². The lowest BCUT2D eigenvalue weighted by atomic mass is 10.1. The van der Waals surface area contributed by atoms with Crippen molar-refractivity contribution in [2.24, 2.45) is 0 Å². The molecule has 9 heteroatoms. The van der Waals surface area contributed by atoms with E-state index in [4.69, 9.17) is 4.52 Å². The standard InChI is InChI=1S/C20H21N3O4S2/c1-12-5-8-17(13(2)11-12)23-29(25,26)19-10-7-16(28-19)6-9-18-20(21-15(4)24)14(3)22-27-18/h5-11,23H,1-4H3,(H,21,24)/b9-6+. The van der Waals surface area contributed by atoms with Crippen LogP contribution in [0.15, 0.2) is 39.1 Å². The van der Waals surface area contributed by atoms with Crippen molar-refractivity contribution < 1.29 is 17.7 Å². The fourth-order valence-corrected chi connectivity index (χ4v) is 5.04. The molecule has 0 fully saturated rings. The van der Waals surface area contributed by atoms with Crippen LogP contribution in [-0.4, -0.2) is 19.5 Å². The van der Waals surface area contributed by atoms with E-state index in [1.807, 2.05) is 26.0 Å². The summed E-state index contributed by atoms with van der Waals surface area (Å²) >= 11 is 1.13. The molecule has 2 N–H and O–H groups in total. The second-order valence-corrected chi connectivity index (χ2v) is 9.63. The van der Waals surface area contributed by atoms with Gasteiger partial charge in [-0.1, -0.05) is 22.9 Å². The fourth-order valence-electron chi connectivity index (χ4n) is 2.68. The SMILES string of the molecule is CC(=O)Nc1c(C)noc1/C=C/c1ccc(S(=O)(=O)Nc2ccc(C)cc2C)s1. The predicted molar refractivity (Wildman–Crippen MR) is 116 cm³/mol. The lowest BCUT2D eigenvalue weighted by Gasteiger charge is -2.09. The highest BCUT2D eigenvalue weighted by atomic mass is 32.2. The number of hydrogen-bond acceptors (Lipinski definition) is 6. The van der Waals surface area contributed by atoms with Crippen LogP contribution in [0.1, 0.15) is 34.4 Å². The van der Waals surface area contributed by atoms with Crippen molar-refractivity contribution in [3.63, 3.8) is 0 Å². The fraction of sp³-hybridized carbons (Fsp3) is 0.200. The first-order chi connectivity index (χ1) is 13.7. The summed E-state index contributed by atoms with van der Waals surface area (Å²) in [4.78, 5) is 12.0. The zero-order chi connectivity index (χ0) is 21.2. The van der Waals surface area contributed by atoms with Crippen molar-refractivity contribution >= 4 is 50.8 Å². The number of rotatable bonds is 6. The Labute approximate surface area is 173 Å². The number of amides is 1. The second-order valence-electron chi connectivity index (χ2n) is 6.60. The van der Waals surface area contributed by atoms with E-state index in [1.165, 1.54) is 6.92 Å². The third-order valence-corrected chi connectivity index (χ3v) is 6.99. The second kappa shape index (κ2) is 8.22. The molecular weight excluding hydrogens is 410 g/mol. The van der Waals surface area contributed by atoms with E-state index >= 15 is 0 Å². The van der Waals surface area contributed by atoms with Crippen molar-refractivity contribution in [3.8, 4) is 0 Å². The molecule has 2 aromatic heterocycles. The Morgan fingerprint density at radius 1 is 1.14 bits per heavy atom. The third-order valence-electron chi connectivity index (χ3n) is 4.08. The van der Waals surface area contributed by atoms with Crippen LogP contribution in [-0.2, 0) is 14.8 Å². The Kier molecular flexibility index (Phi) is 5.90. The van der Waals surface area contributed by atoms with Gasteiger partial charge in [0.05, 0.1) is 5.69 Å². The highest BCUT2D eigenvalue weighted by Gasteiger charge is 2.18. The van der Waals surface area contributed by atoms with E-state index < -0.39 is 10.0 Å². The van der Waals surface area contributed by atoms with Crippen molar-refractivity contribution in [1.82, 2.24) is 5.16 Å². The number of carbonyl (C=O) groups is 1. The molecule has 7 nitrogen and oxygen atoms in total. The van der Waals surface area contributed by atoms with Gasteiger partial charge in [-0.3, -0.25) is 9.52 Å². The largest absolute Gasteiger partial charge is 0.354 e. The first kappa shape index (κ1) is 20.8. The molecule has 2 heterocycles. The summed E-state index contributed by atoms with van der Waals surface area (Å²) in [5.74, 6) is 0.164. The summed E-state index contributed by atoms with van der Waals surface area (Å²) in [6, 6.07) is 8.80. The molecule has 0 saturated heterocycles. The van der Waals surface area contributed by atoms with E-state index in [9.17, 15) is 13.2 Å². The van der Waals surface area contributed by atoms with Gasteiger partial charge in [0.25, 0.3) is 10.0 Å². The van der Waals surface area contributed by atoms with Gasteiger partial charge in [-0.25, -0.2) is 8.42 Å². The van der Waals surface area contributed by atoms with Gasteiger partial charge in [0.15, 0.2) is 5.76 Å². The van der Waals surface area contributed by atoms with Gasteiger partial charge in [-0.2, -0.15) is 0 Å². The molecule has 3 rings (SSSR count). The molecule has 0 aliphatic heterocycles. The van der Waals surface area contributed by atoms with Crippen LogP contribution in [0.25, 0.3) is 12.2 Å². The molecule has 0 saturated carbocycles. The molecule has 0 unspecified atom stereocenters. The van der Waals surface area contributed by atoms with Gasteiger partial charge >= 0.3 is 0 Å². The van der Waals surface area contributed by atoms with Gasteiger partial charge in [-0.05, 0) is 56.7 Å². The molecular formula is C20H21N3O4S2. The number of carbonyl (C=O) groups excluding carboxylic acids is 1. The average molecular weight is 432 g/mol. The number of anilines is 2. The molecule has 0 bridgehead atoms. The highest BCUT2D eigenvalue weighted by molar-refractivity contribution is 7.94. The van der Waals surface area contributed by atoms with Gasteiger partial charge < -0.3 is 9.84 Å². The first-order valence-electron chi connectivity index (χ1n) is 8.77. The van der Waals surface area contributed by atoms with E-state index in [-0.39, 0.29) is 10.1 Å². The minimum Gasteiger partial charge on any atom is -0.354 e. The van der Waals surface area contributed by atoms with E-state index in [2.05, 4.69) is 15.2 Å². The van der Waals surface area contributed by atoms with E-state index in [0.717, 1.165) is 22.5 Å². The van der Waals surface area contributed by atoms with Gasteiger partial charge in [0, 0.05) is 11.8 Å². The number of aromatic nitrogens is 1. The molecule has 29 heavy (non-hydrogen) atoms. The minimum absolute atomic E-state index is 0.202. The van der Waals surface area contributed by atoms with Gasteiger partial charge in [0.1, 0.15) is 15.6 Å². The summed E-state index contributed by atoms with van der Waals surface area (Å²) in [6.07, 6.45) is 3.36. The molecule has 1 amide bonds. The van der Waals surface area contributed by atoms with E-state index in [0.29, 0.717) is 27.7 Å². The summed E-state index contributed by atoms with van der Waals surface area (Å²) in [7, 11) is -3.69. The molecule has 1 aromatic carbocycles. The van der Waals surface area contributed by atoms with Crippen LogP contribution in [0.5, 0.6) is 0 Å². The zero-order valence-corrected chi connectivity index (χ0v) is 18.1. The molecule has 3 aromatic rings. The highest BCUT2D eigenvalue weighted by Crippen LogP contribution is 2.28. The molecule has 0 aliphatic carbocycles. The number of aryl methyl sites for hydroxylation is 3.